The first-order valence-corrected chi connectivity index (χ1v) is 15.8. The van der Waals surface area contributed by atoms with E-state index in [0.29, 0.717) is 38.5 Å². The van der Waals surface area contributed by atoms with Crippen molar-refractivity contribution >= 4 is 23.5 Å². The van der Waals surface area contributed by atoms with E-state index in [-0.39, 0.29) is 68.9 Å². The smallest absolute Gasteiger partial charge is 0.306 e. The van der Waals surface area contributed by atoms with Gasteiger partial charge in [0.1, 0.15) is 0 Å². The summed E-state index contributed by atoms with van der Waals surface area (Å²) in [5.41, 5.74) is -2.23. The Kier molecular flexibility index (Phi) is 10.8. The van der Waals surface area contributed by atoms with E-state index in [1.165, 1.54) is 0 Å². The Labute approximate surface area is 265 Å². The van der Waals surface area contributed by atoms with Gasteiger partial charge in [-0.1, -0.05) is 38.0 Å². The van der Waals surface area contributed by atoms with Gasteiger partial charge in [0.05, 0.1) is 19.3 Å². The summed E-state index contributed by atoms with van der Waals surface area (Å²) in [5, 5.41) is 30.6. The van der Waals surface area contributed by atoms with Crippen LogP contribution in [0.15, 0.2) is 23.8 Å². The first kappa shape index (κ1) is 35.0. The summed E-state index contributed by atoms with van der Waals surface area (Å²) in [6.45, 7) is 2.79. The molecule has 2 unspecified atom stereocenters. The lowest BCUT2D eigenvalue weighted by Gasteiger charge is -2.59. The number of nitrogens with zero attached hydrogens (tertiary/aromatic N) is 2. The Bertz CT molecular complexity index is 1300. The minimum atomic E-state index is -1.69. The van der Waals surface area contributed by atoms with Gasteiger partial charge >= 0.3 is 11.9 Å². The van der Waals surface area contributed by atoms with E-state index in [9.17, 15) is 44.5 Å². The number of aliphatic hydroxyl groups is 1. The normalized spacial score (nSPS) is 32.7. The van der Waals surface area contributed by atoms with Gasteiger partial charge in [0, 0.05) is 36.0 Å². The lowest BCUT2D eigenvalue weighted by molar-refractivity contribution is -0.757. The molecule has 15 nitrogen and oxygen atoms in total. The summed E-state index contributed by atoms with van der Waals surface area (Å²) in [7, 11) is 0. The molecule has 0 spiro atoms. The second-order valence-corrected chi connectivity index (χ2v) is 13.2. The summed E-state index contributed by atoms with van der Waals surface area (Å²) >= 11 is 0. The third kappa shape index (κ3) is 7.08. The number of Topliss-reactive ketones (excluding diaryl/α,β-unsaturated/α-hetero) is 1. The van der Waals surface area contributed by atoms with Crippen molar-refractivity contribution in [3.8, 4) is 0 Å². The molecule has 254 valence electrons. The second-order valence-electron chi connectivity index (χ2n) is 13.2. The highest BCUT2D eigenvalue weighted by Crippen LogP contribution is 2.67. The van der Waals surface area contributed by atoms with E-state index in [1.807, 2.05) is 19.9 Å². The molecule has 4 aliphatic rings. The van der Waals surface area contributed by atoms with E-state index < -0.39 is 57.0 Å². The van der Waals surface area contributed by atoms with Crippen molar-refractivity contribution in [2.24, 2.45) is 28.6 Å². The summed E-state index contributed by atoms with van der Waals surface area (Å²) in [4.78, 5) is 81.1. The lowest BCUT2D eigenvalue weighted by atomic mass is 9.47. The molecule has 0 aromatic heterocycles. The Balaban J connectivity index is 1.53. The fraction of sp³-hybridized carbons (Fsp3) is 0.742. The average molecular weight is 651 g/mol. The van der Waals surface area contributed by atoms with Crippen molar-refractivity contribution in [2.45, 2.75) is 96.2 Å². The molecule has 7 atom stereocenters. The highest BCUT2D eigenvalue weighted by Gasteiger charge is 2.70. The van der Waals surface area contributed by atoms with Crippen LogP contribution < -0.4 is 0 Å². The van der Waals surface area contributed by atoms with Crippen LogP contribution in [-0.2, 0) is 38.3 Å². The fourth-order valence-electron chi connectivity index (χ4n) is 8.53. The molecule has 0 amide bonds. The van der Waals surface area contributed by atoms with E-state index >= 15 is 0 Å². The number of carbonyl (C=O) groups is 4. The quantitative estimate of drug-likeness (QED) is 0.0835. The molecule has 4 aliphatic carbocycles. The first-order chi connectivity index (χ1) is 21.7. The van der Waals surface area contributed by atoms with E-state index in [1.54, 1.807) is 6.08 Å². The number of unbranched alkanes of at least 4 members (excludes halogenated alkanes) is 2. The Morgan fingerprint density at radius 3 is 2.37 bits per heavy atom. The molecule has 0 saturated heterocycles. The monoisotopic (exact) mass is 650 g/mol. The molecule has 0 heterocycles. The minimum Gasteiger partial charge on any atom is -0.457 e. The summed E-state index contributed by atoms with van der Waals surface area (Å²) in [6, 6.07) is 0. The molecule has 0 aromatic rings. The number of hydrogen-bond donors (Lipinski definition) is 1. The maximum atomic E-state index is 14.1. The summed E-state index contributed by atoms with van der Waals surface area (Å²) < 4.78 is 11.4. The van der Waals surface area contributed by atoms with Crippen LogP contribution in [-0.4, -0.2) is 70.3 Å². The third-order valence-corrected chi connectivity index (χ3v) is 10.6. The van der Waals surface area contributed by atoms with E-state index in [2.05, 4.69) is 15.8 Å². The summed E-state index contributed by atoms with van der Waals surface area (Å²) in [5.74, 6) is -2.41. The molecular formula is C31H42N2O13. The third-order valence-electron chi connectivity index (χ3n) is 10.6. The van der Waals surface area contributed by atoms with Crippen molar-refractivity contribution in [1.29, 1.82) is 0 Å². The van der Waals surface area contributed by atoms with Crippen molar-refractivity contribution < 1.29 is 53.6 Å². The van der Waals surface area contributed by atoms with Gasteiger partial charge in [-0.2, -0.15) is 0 Å². The molecule has 46 heavy (non-hydrogen) atoms. The number of carbonyl (C=O) groups excluding carboxylic acids is 4. The molecule has 0 radical (unpaired) electrons. The molecular weight excluding hydrogens is 608 g/mol. The molecule has 0 aliphatic heterocycles. The number of allylic oxidation sites excluding steroid dienone is 4. The SMILES string of the molecule is C[C@]12C=CC(=O)CC1=CCC1C3CC[C@](OC(=O)CCCCCO[N+](=O)[O-])(C(=O)COC(=O)CCCO[N+](=O)[O-])[C@@]3(C)C[C@H](O)[C@@H]12. The van der Waals surface area contributed by atoms with E-state index in [4.69, 9.17) is 9.47 Å². The van der Waals surface area contributed by atoms with Gasteiger partial charge in [0.2, 0.25) is 5.78 Å². The number of esters is 2. The maximum Gasteiger partial charge on any atom is 0.306 e. The standard InChI is InChI=1S/C31H42N2O13/c1-29-13-11-21(34)17-20(29)9-10-22-23-12-14-31(30(23,2)18-24(35)28(22)29,46-27(38)7-4-3-5-15-44-32(39)40)25(36)19-43-26(37)8-6-16-45-33(41)42/h9,11,13,22-24,28,35H,3-8,10,12,14-19H2,1-2H3/t22?,23?,24-,28+,29-,30-,31-/m0/s1. The predicted molar refractivity (Wildman–Crippen MR) is 156 cm³/mol. The largest absolute Gasteiger partial charge is 0.457 e. The first-order valence-electron chi connectivity index (χ1n) is 15.8. The number of rotatable bonds is 16. The molecule has 15 heteroatoms. The lowest BCUT2D eigenvalue weighted by Crippen LogP contribution is -2.62. The van der Waals surface area contributed by atoms with Crippen molar-refractivity contribution in [3.05, 3.63) is 44.0 Å². The van der Waals surface area contributed by atoms with Gasteiger partial charge in [-0.3, -0.25) is 19.2 Å². The minimum absolute atomic E-state index is 0.00417. The maximum absolute atomic E-state index is 14.1. The topological polar surface area (TPSA) is 212 Å². The molecule has 0 aromatic carbocycles. The van der Waals surface area contributed by atoms with Gasteiger partial charge in [-0.15, -0.1) is 20.2 Å². The van der Waals surface area contributed by atoms with Gasteiger partial charge in [0.15, 0.2) is 18.0 Å². The van der Waals surface area contributed by atoms with Crippen molar-refractivity contribution in [2.75, 3.05) is 19.8 Å². The zero-order valence-corrected chi connectivity index (χ0v) is 26.2. The molecule has 2 fully saturated rings. The van der Waals surface area contributed by atoms with Gasteiger partial charge in [0.25, 0.3) is 10.2 Å². The van der Waals surface area contributed by atoms with Crippen LogP contribution in [0.1, 0.15) is 84.5 Å². The fourth-order valence-corrected chi connectivity index (χ4v) is 8.53. The molecule has 0 bridgehead atoms. The number of ketones is 2. The van der Waals surface area contributed by atoms with E-state index in [0.717, 1.165) is 5.57 Å². The van der Waals surface area contributed by atoms with Gasteiger partial charge < -0.3 is 24.3 Å². The van der Waals surface area contributed by atoms with Crippen molar-refractivity contribution in [1.82, 2.24) is 0 Å². The molecule has 1 N–H and O–H groups in total. The Hall–Kier alpha value is -3.88. The number of hydrogen-bond acceptors (Lipinski definition) is 13. The Morgan fingerprint density at radius 1 is 1.00 bits per heavy atom. The molecule has 2 saturated carbocycles. The zero-order valence-electron chi connectivity index (χ0n) is 26.2. The molecule has 4 rings (SSSR count). The van der Waals surface area contributed by atoms with Gasteiger partial charge in [-0.05, 0) is 62.9 Å². The number of aliphatic hydroxyl groups excluding tert-OH is 1. The second kappa shape index (κ2) is 14.3. The zero-order chi connectivity index (χ0) is 33.7. The van der Waals surface area contributed by atoms with Crippen LogP contribution in [0, 0.1) is 48.8 Å². The predicted octanol–water partition coefficient (Wildman–Crippen LogP) is 3.42. The Morgan fingerprint density at radius 2 is 1.67 bits per heavy atom. The van der Waals surface area contributed by atoms with Gasteiger partial charge in [-0.25, -0.2) is 0 Å². The highest BCUT2D eigenvalue weighted by molar-refractivity contribution is 5.94. The summed E-state index contributed by atoms with van der Waals surface area (Å²) in [6.07, 6.45) is 7.25. The van der Waals surface area contributed by atoms with Crippen LogP contribution in [0.5, 0.6) is 0 Å². The number of ether oxygens (including phenoxy) is 2. The van der Waals surface area contributed by atoms with Crippen LogP contribution in [0.4, 0.5) is 0 Å². The van der Waals surface area contributed by atoms with Crippen LogP contribution in [0.25, 0.3) is 0 Å². The number of fused-ring (bicyclic) bond motifs is 5. The average Bonchev–Trinajstić information content (AvgIpc) is 3.27. The van der Waals surface area contributed by atoms with Crippen LogP contribution >= 0.6 is 0 Å². The van der Waals surface area contributed by atoms with Crippen molar-refractivity contribution in [3.63, 3.8) is 0 Å². The van der Waals surface area contributed by atoms with Crippen LogP contribution in [0.2, 0.25) is 0 Å². The highest BCUT2D eigenvalue weighted by atomic mass is 17.0. The van der Waals surface area contributed by atoms with Crippen LogP contribution in [0.3, 0.4) is 0 Å².